The SMILES string of the molecule is CCCC(C)NC(=O)c1cnn(-c2cccc(Cl)c2)c1C(C)C. The van der Waals surface area contributed by atoms with E-state index in [2.05, 4.69) is 31.2 Å². The summed E-state index contributed by atoms with van der Waals surface area (Å²) < 4.78 is 1.80. The maximum Gasteiger partial charge on any atom is 0.254 e. The fraction of sp³-hybridized carbons (Fsp3) is 0.444. The first-order chi connectivity index (χ1) is 10.9. The summed E-state index contributed by atoms with van der Waals surface area (Å²) >= 11 is 6.08. The third kappa shape index (κ3) is 4.14. The van der Waals surface area contributed by atoms with Crippen LogP contribution in [0.2, 0.25) is 5.02 Å². The van der Waals surface area contributed by atoms with Gasteiger partial charge < -0.3 is 5.32 Å². The zero-order valence-corrected chi connectivity index (χ0v) is 14.9. The minimum atomic E-state index is -0.0667. The Morgan fingerprint density at radius 2 is 2.09 bits per heavy atom. The number of hydrogen-bond acceptors (Lipinski definition) is 2. The van der Waals surface area contributed by atoms with Crippen LogP contribution < -0.4 is 5.32 Å². The molecule has 0 saturated heterocycles. The Bertz CT molecular complexity index is 679. The summed E-state index contributed by atoms with van der Waals surface area (Å²) in [6.07, 6.45) is 3.65. The van der Waals surface area contributed by atoms with Crippen LogP contribution in [0.25, 0.3) is 5.69 Å². The molecule has 1 aromatic heterocycles. The fourth-order valence-electron chi connectivity index (χ4n) is 2.71. The summed E-state index contributed by atoms with van der Waals surface area (Å²) in [5.41, 5.74) is 2.39. The molecule has 0 fully saturated rings. The second kappa shape index (κ2) is 7.64. The normalized spacial score (nSPS) is 12.4. The molecule has 1 atom stereocenters. The van der Waals surface area contributed by atoms with E-state index in [0.717, 1.165) is 24.2 Å². The van der Waals surface area contributed by atoms with Crippen molar-refractivity contribution in [3.63, 3.8) is 0 Å². The summed E-state index contributed by atoms with van der Waals surface area (Å²) in [6, 6.07) is 7.64. The number of carbonyl (C=O) groups is 1. The number of hydrogen-bond donors (Lipinski definition) is 1. The van der Waals surface area contributed by atoms with Gasteiger partial charge in [0, 0.05) is 11.1 Å². The highest BCUT2D eigenvalue weighted by atomic mass is 35.5. The second-order valence-electron chi connectivity index (χ2n) is 6.15. The number of amides is 1. The van der Waals surface area contributed by atoms with Crippen LogP contribution in [0.5, 0.6) is 0 Å². The monoisotopic (exact) mass is 333 g/mol. The molecule has 0 bridgehead atoms. The van der Waals surface area contributed by atoms with Crippen molar-refractivity contribution in [1.29, 1.82) is 0 Å². The van der Waals surface area contributed by atoms with Gasteiger partial charge in [0.25, 0.3) is 5.91 Å². The van der Waals surface area contributed by atoms with Crippen molar-refractivity contribution in [2.75, 3.05) is 0 Å². The van der Waals surface area contributed by atoms with Crippen molar-refractivity contribution >= 4 is 17.5 Å². The first kappa shape index (κ1) is 17.5. The van der Waals surface area contributed by atoms with Gasteiger partial charge in [0.15, 0.2) is 0 Å². The Morgan fingerprint density at radius 1 is 1.35 bits per heavy atom. The lowest BCUT2D eigenvalue weighted by Crippen LogP contribution is -2.33. The number of halogens is 1. The topological polar surface area (TPSA) is 46.9 Å². The number of benzene rings is 1. The number of carbonyl (C=O) groups excluding carboxylic acids is 1. The van der Waals surface area contributed by atoms with Crippen LogP contribution in [0.4, 0.5) is 0 Å². The largest absolute Gasteiger partial charge is 0.349 e. The van der Waals surface area contributed by atoms with Crippen molar-refractivity contribution in [3.05, 3.63) is 46.7 Å². The highest BCUT2D eigenvalue weighted by molar-refractivity contribution is 6.30. The summed E-state index contributed by atoms with van der Waals surface area (Å²) in [4.78, 5) is 12.6. The van der Waals surface area contributed by atoms with Gasteiger partial charge in [-0.05, 0) is 37.5 Å². The predicted molar refractivity (Wildman–Crippen MR) is 94.5 cm³/mol. The summed E-state index contributed by atoms with van der Waals surface area (Å²) in [5, 5.41) is 8.12. The van der Waals surface area contributed by atoms with E-state index in [1.165, 1.54) is 0 Å². The van der Waals surface area contributed by atoms with E-state index in [-0.39, 0.29) is 17.9 Å². The highest BCUT2D eigenvalue weighted by Crippen LogP contribution is 2.24. The standard InChI is InChI=1S/C18H24ClN3O/c1-5-7-13(4)21-18(23)16-11-20-22(17(16)12(2)3)15-9-6-8-14(19)10-15/h6,8-13H,5,7H2,1-4H3,(H,21,23). The highest BCUT2D eigenvalue weighted by Gasteiger charge is 2.21. The van der Waals surface area contributed by atoms with Crippen LogP contribution in [0.15, 0.2) is 30.5 Å². The van der Waals surface area contributed by atoms with E-state index in [0.29, 0.717) is 10.6 Å². The van der Waals surface area contributed by atoms with Crippen molar-refractivity contribution in [3.8, 4) is 5.69 Å². The molecule has 23 heavy (non-hydrogen) atoms. The van der Waals surface area contributed by atoms with Gasteiger partial charge in [0.1, 0.15) is 0 Å². The second-order valence-corrected chi connectivity index (χ2v) is 6.59. The molecule has 124 valence electrons. The minimum absolute atomic E-state index is 0.0667. The first-order valence-corrected chi connectivity index (χ1v) is 8.46. The average molecular weight is 334 g/mol. The lowest BCUT2D eigenvalue weighted by atomic mass is 10.0. The average Bonchev–Trinajstić information content (AvgIpc) is 2.92. The van der Waals surface area contributed by atoms with Crippen molar-refractivity contribution in [2.45, 2.75) is 52.5 Å². The Morgan fingerprint density at radius 3 is 2.70 bits per heavy atom. The molecule has 0 spiro atoms. The zero-order chi connectivity index (χ0) is 17.0. The van der Waals surface area contributed by atoms with Crippen LogP contribution in [0.1, 0.15) is 62.5 Å². The minimum Gasteiger partial charge on any atom is -0.349 e. The fourth-order valence-corrected chi connectivity index (χ4v) is 2.89. The number of nitrogens with zero attached hydrogens (tertiary/aromatic N) is 2. The molecule has 1 heterocycles. The maximum absolute atomic E-state index is 12.6. The van der Waals surface area contributed by atoms with Gasteiger partial charge in [-0.15, -0.1) is 0 Å². The molecule has 4 nitrogen and oxygen atoms in total. The summed E-state index contributed by atoms with van der Waals surface area (Å²) in [5.74, 6) is 0.0987. The Balaban J connectivity index is 2.37. The molecule has 0 aliphatic carbocycles. The molecule has 1 unspecified atom stereocenters. The predicted octanol–water partition coefficient (Wildman–Crippen LogP) is 4.57. The van der Waals surface area contributed by atoms with E-state index in [1.807, 2.05) is 31.2 Å². The lowest BCUT2D eigenvalue weighted by Gasteiger charge is -2.15. The summed E-state index contributed by atoms with van der Waals surface area (Å²) in [6.45, 7) is 8.26. The zero-order valence-electron chi connectivity index (χ0n) is 14.1. The molecular weight excluding hydrogens is 310 g/mol. The van der Waals surface area contributed by atoms with Crippen LogP contribution in [0, 0.1) is 0 Å². The molecule has 2 aromatic rings. The molecule has 1 aromatic carbocycles. The Hall–Kier alpha value is -1.81. The molecule has 1 amide bonds. The number of rotatable bonds is 6. The lowest BCUT2D eigenvalue weighted by molar-refractivity contribution is 0.0937. The van der Waals surface area contributed by atoms with Crippen LogP contribution in [-0.2, 0) is 0 Å². The van der Waals surface area contributed by atoms with Gasteiger partial charge in [-0.3, -0.25) is 4.79 Å². The quantitative estimate of drug-likeness (QED) is 0.841. The van der Waals surface area contributed by atoms with Crippen molar-refractivity contribution < 1.29 is 4.79 Å². The Labute approximate surface area is 142 Å². The molecule has 2 rings (SSSR count). The van der Waals surface area contributed by atoms with Crippen molar-refractivity contribution in [1.82, 2.24) is 15.1 Å². The van der Waals surface area contributed by atoms with Gasteiger partial charge in [-0.25, -0.2) is 4.68 Å². The molecule has 0 aliphatic rings. The van der Waals surface area contributed by atoms with Crippen LogP contribution in [-0.4, -0.2) is 21.7 Å². The first-order valence-electron chi connectivity index (χ1n) is 8.08. The van der Waals surface area contributed by atoms with Gasteiger partial charge in [0.05, 0.1) is 23.1 Å². The van der Waals surface area contributed by atoms with Gasteiger partial charge in [-0.1, -0.05) is 44.9 Å². The molecule has 0 aliphatic heterocycles. The number of aromatic nitrogens is 2. The molecule has 0 radical (unpaired) electrons. The van der Waals surface area contributed by atoms with E-state index in [1.54, 1.807) is 10.9 Å². The van der Waals surface area contributed by atoms with Crippen LogP contribution in [0.3, 0.4) is 0 Å². The third-order valence-corrected chi connectivity index (χ3v) is 3.98. The maximum atomic E-state index is 12.6. The van der Waals surface area contributed by atoms with E-state index < -0.39 is 0 Å². The molecule has 1 N–H and O–H groups in total. The van der Waals surface area contributed by atoms with E-state index >= 15 is 0 Å². The van der Waals surface area contributed by atoms with Gasteiger partial charge in [0.2, 0.25) is 0 Å². The summed E-state index contributed by atoms with van der Waals surface area (Å²) in [7, 11) is 0. The molecule has 5 heteroatoms. The molecule has 0 saturated carbocycles. The van der Waals surface area contributed by atoms with Crippen LogP contribution >= 0.6 is 11.6 Å². The van der Waals surface area contributed by atoms with E-state index in [4.69, 9.17) is 11.6 Å². The van der Waals surface area contributed by atoms with Crippen molar-refractivity contribution in [2.24, 2.45) is 0 Å². The molecular formula is C18H24ClN3O. The van der Waals surface area contributed by atoms with Gasteiger partial charge >= 0.3 is 0 Å². The van der Waals surface area contributed by atoms with Gasteiger partial charge in [-0.2, -0.15) is 5.10 Å². The smallest absolute Gasteiger partial charge is 0.254 e. The Kier molecular flexibility index (Phi) is 5.83. The van der Waals surface area contributed by atoms with E-state index in [9.17, 15) is 4.79 Å². The number of nitrogens with one attached hydrogen (secondary N) is 1. The third-order valence-electron chi connectivity index (χ3n) is 3.75.